The number of likely N-dealkylation sites (tertiary alicyclic amines) is 1. The van der Waals surface area contributed by atoms with Gasteiger partial charge in [0, 0.05) is 30.9 Å². The van der Waals surface area contributed by atoms with E-state index in [0.29, 0.717) is 53.8 Å². The van der Waals surface area contributed by atoms with Crippen molar-refractivity contribution in [2.24, 2.45) is 0 Å². The van der Waals surface area contributed by atoms with Crippen LogP contribution in [0.5, 0.6) is 5.75 Å². The van der Waals surface area contributed by atoms with Crippen molar-refractivity contribution in [1.82, 2.24) is 34.5 Å². The molecule has 2 N–H and O–H groups in total. The van der Waals surface area contributed by atoms with Crippen molar-refractivity contribution in [2.45, 2.75) is 31.9 Å². The summed E-state index contributed by atoms with van der Waals surface area (Å²) in [5.74, 6) is -1.59. The van der Waals surface area contributed by atoms with Gasteiger partial charge in [-0.25, -0.2) is 22.8 Å². The molecule has 0 spiro atoms. The van der Waals surface area contributed by atoms with E-state index >= 15 is 0 Å². The molecular formula is C23H22ClF2N7O4. The molecule has 0 bridgehead atoms. The summed E-state index contributed by atoms with van der Waals surface area (Å²) < 4.78 is 36.3. The molecule has 4 aromatic rings. The second kappa shape index (κ2) is 9.90. The Hall–Kier alpha value is -3.84. The Morgan fingerprint density at radius 3 is 2.73 bits per heavy atom. The summed E-state index contributed by atoms with van der Waals surface area (Å²) in [4.78, 5) is 16.2. The number of hydrogen-bond acceptors (Lipinski definition) is 7. The molecule has 37 heavy (non-hydrogen) atoms. The number of carboxylic acid groups (broad SMARTS) is 1. The number of aliphatic hydroxyl groups is 1. The van der Waals surface area contributed by atoms with Gasteiger partial charge in [-0.3, -0.25) is 4.98 Å². The van der Waals surface area contributed by atoms with Crippen molar-refractivity contribution in [2.75, 3.05) is 19.7 Å². The van der Waals surface area contributed by atoms with Crippen LogP contribution < -0.4 is 4.74 Å². The van der Waals surface area contributed by atoms with E-state index in [0.717, 1.165) is 11.9 Å². The molecule has 1 aliphatic heterocycles. The zero-order valence-electron chi connectivity index (χ0n) is 19.6. The van der Waals surface area contributed by atoms with Crippen molar-refractivity contribution < 1.29 is 28.5 Å². The number of halogens is 3. The molecule has 0 aliphatic carbocycles. The number of aliphatic hydroxyl groups excluding tert-OH is 1. The van der Waals surface area contributed by atoms with Crippen LogP contribution in [0.25, 0.3) is 16.8 Å². The Morgan fingerprint density at radius 1 is 1.27 bits per heavy atom. The van der Waals surface area contributed by atoms with E-state index in [-0.39, 0.29) is 24.1 Å². The molecule has 11 nitrogen and oxygen atoms in total. The lowest BCUT2D eigenvalue weighted by Crippen LogP contribution is -2.38. The minimum atomic E-state index is -1.47. The summed E-state index contributed by atoms with van der Waals surface area (Å²) in [7, 11) is 0. The lowest BCUT2D eigenvalue weighted by Gasteiger charge is -2.30. The summed E-state index contributed by atoms with van der Waals surface area (Å²) in [6.45, 7) is 2.31. The zero-order chi connectivity index (χ0) is 26.3. The largest absolute Gasteiger partial charge is 0.488 e. The van der Waals surface area contributed by atoms with Crippen LogP contribution in [-0.2, 0) is 0 Å². The molecule has 1 fully saturated rings. The SMILES string of the molecule is Cc1c(-c2cc(OCC(O)c3ncc(F)cc3F)c3c(Cl)cnn3c2)nnn1C1CCN(C(=O)O)CC1. The number of piperidine rings is 1. The Kier molecular flexibility index (Phi) is 6.65. The van der Waals surface area contributed by atoms with E-state index in [4.69, 9.17) is 16.3 Å². The fourth-order valence-corrected chi connectivity index (χ4v) is 4.69. The third-order valence-corrected chi connectivity index (χ3v) is 6.64. The highest BCUT2D eigenvalue weighted by Crippen LogP contribution is 2.34. The average Bonchev–Trinajstić information content (AvgIpc) is 3.44. The molecule has 1 atom stereocenters. The van der Waals surface area contributed by atoms with Crippen molar-refractivity contribution in [3.8, 4) is 17.0 Å². The first kappa shape index (κ1) is 24.8. The molecule has 4 aromatic heterocycles. The van der Waals surface area contributed by atoms with Gasteiger partial charge >= 0.3 is 6.09 Å². The van der Waals surface area contributed by atoms with Crippen LogP contribution in [0.4, 0.5) is 13.6 Å². The standard InChI is InChI=1S/C23H22ClF2N7O4/c1-12-20(29-30-33(12)15-2-4-31(5-3-15)23(35)36)13-6-19(22-16(24)9-28-32(22)10-13)37-11-18(34)21-17(26)7-14(25)8-27-21/h6-10,15,18,34H,2-5,11H2,1H3,(H,35,36). The van der Waals surface area contributed by atoms with Crippen molar-refractivity contribution >= 4 is 23.2 Å². The van der Waals surface area contributed by atoms with Crippen LogP contribution in [-0.4, -0.2) is 70.5 Å². The van der Waals surface area contributed by atoms with Gasteiger partial charge in [0.05, 0.1) is 29.2 Å². The summed E-state index contributed by atoms with van der Waals surface area (Å²) in [5.41, 5.74) is 2.02. The first-order chi connectivity index (χ1) is 17.7. The molecule has 0 radical (unpaired) electrons. The smallest absolute Gasteiger partial charge is 0.407 e. The van der Waals surface area contributed by atoms with E-state index in [1.54, 1.807) is 16.9 Å². The van der Waals surface area contributed by atoms with Crippen LogP contribution in [0.2, 0.25) is 5.02 Å². The van der Waals surface area contributed by atoms with Crippen LogP contribution >= 0.6 is 11.6 Å². The van der Waals surface area contributed by atoms with E-state index in [1.807, 2.05) is 6.92 Å². The second-order valence-corrected chi connectivity index (χ2v) is 9.10. The van der Waals surface area contributed by atoms with Crippen LogP contribution in [0.15, 0.2) is 30.7 Å². The average molecular weight is 534 g/mol. The maximum absolute atomic E-state index is 14.0. The van der Waals surface area contributed by atoms with Gasteiger partial charge in [-0.05, 0) is 25.8 Å². The highest BCUT2D eigenvalue weighted by atomic mass is 35.5. The summed E-state index contributed by atoms with van der Waals surface area (Å²) >= 11 is 6.30. The normalized spacial score (nSPS) is 15.3. The molecule has 0 aromatic carbocycles. The summed E-state index contributed by atoms with van der Waals surface area (Å²) in [6, 6.07) is 2.30. The maximum atomic E-state index is 14.0. The molecule has 5 heterocycles. The van der Waals surface area contributed by atoms with Gasteiger partial charge in [0.25, 0.3) is 0 Å². The van der Waals surface area contributed by atoms with Crippen LogP contribution in [0.1, 0.15) is 36.4 Å². The van der Waals surface area contributed by atoms with E-state index in [2.05, 4.69) is 20.4 Å². The number of hydrogen-bond donors (Lipinski definition) is 2. The molecular weight excluding hydrogens is 512 g/mol. The first-order valence-electron chi connectivity index (χ1n) is 11.4. The van der Waals surface area contributed by atoms with E-state index < -0.39 is 23.8 Å². The molecule has 1 amide bonds. The van der Waals surface area contributed by atoms with Crippen molar-refractivity contribution in [1.29, 1.82) is 0 Å². The lowest BCUT2D eigenvalue weighted by atomic mass is 10.0. The van der Waals surface area contributed by atoms with Gasteiger partial charge in [-0.2, -0.15) is 5.10 Å². The Morgan fingerprint density at radius 2 is 2.03 bits per heavy atom. The first-order valence-corrected chi connectivity index (χ1v) is 11.8. The lowest BCUT2D eigenvalue weighted by molar-refractivity contribution is 0.101. The predicted molar refractivity (Wildman–Crippen MR) is 126 cm³/mol. The second-order valence-electron chi connectivity index (χ2n) is 8.69. The molecule has 0 saturated carbocycles. The van der Waals surface area contributed by atoms with Crippen LogP contribution in [0, 0.1) is 18.6 Å². The minimum absolute atomic E-state index is 0.00343. The number of aromatic nitrogens is 6. The Balaban J connectivity index is 1.42. The van der Waals surface area contributed by atoms with Gasteiger partial charge in [-0.15, -0.1) is 5.10 Å². The number of pyridine rings is 2. The van der Waals surface area contributed by atoms with Crippen molar-refractivity contribution in [3.63, 3.8) is 0 Å². The zero-order valence-corrected chi connectivity index (χ0v) is 20.3. The number of rotatable bonds is 6. The number of ether oxygens (including phenoxy) is 1. The van der Waals surface area contributed by atoms with Gasteiger partial charge in [0.1, 0.15) is 47.0 Å². The summed E-state index contributed by atoms with van der Waals surface area (Å²) in [6.07, 6.45) is 2.78. The van der Waals surface area contributed by atoms with Gasteiger partial charge in [0.2, 0.25) is 0 Å². The number of fused-ring (bicyclic) bond motifs is 1. The fourth-order valence-electron chi connectivity index (χ4n) is 4.46. The van der Waals surface area contributed by atoms with Gasteiger partial charge in [0.15, 0.2) is 0 Å². The van der Waals surface area contributed by atoms with Crippen molar-refractivity contribution in [3.05, 3.63) is 58.8 Å². The summed E-state index contributed by atoms with van der Waals surface area (Å²) in [5, 5.41) is 32.8. The highest BCUT2D eigenvalue weighted by Gasteiger charge is 2.27. The monoisotopic (exact) mass is 533 g/mol. The third-order valence-electron chi connectivity index (χ3n) is 6.36. The van der Waals surface area contributed by atoms with Gasteiger partial charge < -0.3 is 19.8 Å². The Bertz CT molecular complexity index is 1470. The minimum Gasteiger partial charge on any atom is -0.488 e. The molecule has 1 aliphatic rings. The van der Waals surface area contributed by atoms with E-state index in [9.17, 15) is 23.8 Å². The predicted octanol–water partition coefficient (Wildman–Crippen LogP) is 3.66. The third kappa shape index (κ3) is 4.79. The molecule has 1 unspecified atom stereocenters. The number of nitrogens with zero attached hydrogens (tertiary/aromatic N) is 7. The molecule has 5 rings (SSSR count). The Labute approximate surface area is 213 Å². The number of amides is 1. The molecule has 14 heteroatoms. The van der Waals surface area contributed by atoms with Gasteiger partial charge in [-0.1, -0.05) is 16.8 Å². The number of carbonyl (C=O) groups is 1. The fraction of sp³-hybridized carbons (Fsp3) is 0.348. The topological polar surface area (TPSA) is 131 Å². The highest BCUT2D eigenvalue weighted by molar-refractivity contribution is 6.34. The molecule has 194 valence electrons. The van der Waals surface area contributed by atoms with Crippen LogP contribution in [0.3, 0.4) is 0 Å². The van der Waals surface area contributed by atoms with E-state index in [1.165, 1.54) is 15.6 Å². The maximum Gasteiger partial charge on any atom is 0.407 e. The molecule has 1 saturated heterocycles. The quantitative estimate of drug-likeness (QED) is 0.384.